The summed E-state index contributed by atoms with van der Waals surface area (Å²) in [4.78, 5) is 2.61. The van der Waals surface area contributed by atoms with E-state index in [2.05, 4.69) is 54.4 Å². The van der Waals surface area contributed by atoms with E-state index in [9.17, 15) is 0 Å². The first kappa shape index (κ1) is 19.1. The standard InChI is InChI=1S/C28H31N3/c1-31-12-11-17-5-8-22(15-26(17)27(31)18-3-2-4-18)25-16-24(25)21-9-6-20-14-23(28(29)30)10-7-19(20)13-21/h5-10,13-15,18,24-25,27H,2-4,11-12,16H2,1H3,(H3,29,30). The fourth-order valence-electron chi connectivity index (χ4n) is 5.98. The number of fused-ring (bicyclic) bond motifs is 2. The largest absolute Gasteiger partial charge is 0.384 e. The van der Waals surface area contributed by atoms with Gasteiger partial charge in [-0.15, -0.1) is 0 Å². The van der Waals surface area contributed by atoms with Crippen molar-refractivity contribution in [2.24, 2.45) is 11.7 Å². The molecule has 3 heteroatoms. The van der Waals surface area contributed by atoms with E-state index in [0.717, 1.165) is 16.9 Å². The number of nitrogen functional groups attached to an aromatic ring is 1. The minimum absolute atomic E-state index is 0.131. The molecule has 1 heterocycles. The summed E-state index contributed by atoms with van der Waals surface area (Å²) in [5.74, 6) is 2.26. The van der Waals surface area contributed by atoms with Crippen molar-refractivity contribution in [3.63, 3.8) is 0 Å². The van der Waals surface area contributed by atoms with Crippen molar-refractivity contribution >= 4 is 16.6 Å². The first-order chi connectivity index (χ1) is 15.1. The molecule has 0 spiro atoms. The summed E-state index contributed by atoms with van der Waals surface area (Å²) in [7, 11) is 2.32. The van der Waals surface area contributed by atoms with Crippen LogP contribution < -0.4 is 5.73 Å². The van der Waals surface area contributed by atoms with E-state index in [1.54, 1.807) is 11.1 Å². The maximum absolute atomic E-state index is 7.66. The Morgan fingerprint density at radius 2 is 1.65 bits per heavy atom. The van der Waals surface area contributed by atoms with Crippen LogP contribution in [-0.2, 0) is 6.42 Å². The predicted octanol–water partition coefficient (Wildman–Crippen LogP) is 5.72. The zero-order valence-corrected chi connectivity index (χ0v) is 18.3. The molecule has 3 aromatic rings. The van der Waals surface area contributed by atoms with E-state index >= 15 is 0 Å². The zero-order chi connectivity index (χ0) is 21.1. The highest BCUT2D eigenvalue weighted by molar-refractivity contribution is 5.99. The van der Waals surface area contributed by atoms with Gasteiger partial charge in [-0.1, -0.05) is 55.0 Å². The van der Waals surface area contributed by atoms with Gasteiger partial charge < -0.3 is 5.73 Å². The molecule has 0 bridgehead atoms. The maximum Gasteiger partial charge on any atom is 0.122 e. The van der Waals surface area contributed by atoms with E-state index in [4.69, 9.17) is 11.1 Å². The van der Waals surface area contributed by atoms with Gasteiger partial charge in [0.05, 0.1) is 0 Å². The molecule has 0 radical (unpaired) electrons. The van der Waals surface area contributed by atoms with E-state index in [1.165, 1.54) is 55.2 Å². The Morgan fingerprint density at radius 1 is 0.935 bits per heavy atom. The molecule has 6 rings (SSSR count). The van der Waals surface area contributed by atoms with Crippen molar-refractivity contribution in [3.05, 3.63) is 82.4 Å². The summed E-state index contributed by atoms with van der Waals surface area (Å²) in [6.07, 6.45) is 6.64. The molecule has 2 saturated carbocycles. The van der Waals surface area contributed by atoms with Gasteiger partial charge in [0.1, 0.15) is 5.84 Å². The average Bonchev–Trinajstić information content (AvgIpc) is 3.54. The SMILES string of the molecule is CN1CCc2ccc(C3CC3c3ccc4cc(C(=N)N)ccc4c3)cc2C1C1CCC1. The number of nitrogens with two attached hydrogens (primary N) is 1. The number of rotatable bonds is 4. The van der Waals surface area contributed by atoms with Crippen LogP contribution in [0.25, 0.3) is 10.8 Å². The molecule has 3 unspecified atom stereocenters. The van der Waals surface area contributed by atoms with Gasteiger partial charge in [-0.25, -0.2) is 0 Å². The molecule has 158 valence electrons. The van der Waals surface area contributed by atoms with Crippen LogP contribution in [0.3, 0.4) is 0 Å². The zero-order valence-electron chi connectivity index (χ0n) is 18.3. The van der Waals surface area contributed by atoms with Gasteiger partial charge in [-0.3, -0.25) is 10.3 Å². The highest BCUT2D eigenvalue weighted by Gasteiger charge is 2.41. The normalized spacial score (nSPS) is 25.8. The summed E-state index contributed by atoms with van der Waals surface area (Å²) in [5.41, 5.74) is 12.6. The first-order valence-corrected chi connectivity index (χ1v) is 11.8. The van der Waals surface area contributed by atoms with Crippen LogP contribution in [0.4, 0.5) is 0 Å². The highest BCUT2D eigenvalue weighted by Crippen LogP contribution is 2.56. The van der Waals surface area contributed by atoms with Crippen LogP contribution in [-0.4, -0.2) is 24.3 Å². The summed E-state index contributed by atoms with van der Waals surface area (Å²) in [5, 5.41) is 10.1. The molecule has 2 aliphatic carbocycles. The van der Waals surface area contributed by atoms with Crippen molar-refractivity contribution in [1.82, 2.24) is 4.90 Å². The lowest BCUT2D eigenvalue weighted by molar-refractivity contribution is 0.110. The second-order valence-corrected chi connectivity index (χ2v) is 10.0. The van der Waals surface area contributed by atoms with E-state index in [-0.39, 0.29) is 5.84 Å². The van der Waals surface area contributed by atoms with Gasteiger partial charge in [-0.05, 0) is 89.6 Å². The van der Waals surface area contributed by atoms with Crippen LogP contribution in [0.5, 0.6) is 0 Å². The Bertz CT molecular complexity index is 1180. The number of nitrogens with one attached hydrogen (secondary N) is 1. The predicted molar refractivity (Wildman–Crippen MR) is 128 cm³/mol. The number of benzene rings is 3. The van der Waals surface area contributed by atoms with E-state index in [1.807, 2.05) is 12.1 Å². The molecule has 0 saturated heterocycles. The number of hydrogen-bond acceptors (Lipinski definition) is 2. The van der Waals surface area contributed by atoms with Gasteiger partial charge >= 0.3 is 0 Å². The monoisotopic (exact) mass is 409 g/mol. The van der Waals surface area contributed by atoms with E-state index < -0.39 is 0 Å². The van der Waals surface area contributed by atoms with Gasteiger partial charge in [0.25, 0.3) is 0 Å². The number of hydrogen-bond donors (Lipinski definition) is 2. The van der Waals surface area contributed by atoms with Crippen LogP contribution >= 0.6 is 0 Å². The number of amidine groups is 1. The van der Waals surface area contributed by atoms with Crippen LogP contribution in [0.2, 0.25) is 0 Å². The summed E-state index contributed by atoms with van der Waals surface area (Å²) >= 11 is 0. The van der Waals surface area contributed by atoms with Crippen molar-refractivity contribution in [3.8, 4) is 0 Å². The maximum atomic E-state index is 7.66. The third kappa shape index (κ3) is 3.27. The van der Waals surface area contributed by atoms with Crippen LogP contribution in [0, 0.1) is 11.3 Å². The smallest absolute Gasteiger partial charge is 0.122 e. The van der Waals surface area contributed by atoms with Crippen molar-refractivity contribution in [2.75, 3.05) is 13.6 Å². The molecule has 1 aliphatic heterocycles. The minimum atomic E-state index is 0.131. The lowest BCUT2D eigenvalue weighted by Gasteiger charge is -2.43. The second kappa shape index (κ2) is 7.20. The van der Waals surface area contributed by atoms with Gasteiger partial charge in [0.2, 0.25) is 0 Å². The molecule has 3 aliphatic rings. The van der Waals surface area contributed by atoms with Crippen LogP contribution in [0.1, 0.15) is 71.4 Å². The quantitative estimate of drug-likeness (QED) is 0.427. The molecule has 0 aromatic heterocycles. The summed E-state index contributed by atoms with van der Waals surface area (Å²) in [6, 6.07) is 20.9. The summed E-state index contributed by atoms with van der Waals surface area (Å²) in [6.45, 7) is 1.20. The fraction of sp³-hybridized carbons (Fsp3) is 0.393. The molecule has 31 heavy (non-hydrogen) atoms. The minimum Gasteiger partial charge on any atom is -0.384 e. The lowest BCUT2D eigenvalue weighted by Crippen LogP contribution is -2.38. The lowest BCUT2D eigenvalue weighted by atomic mass is 9.73. The second-order valence-electron chi connectivity index (χ2n) is 10.0. The average molecular weight is 410 g/mol. The molecular formula is C28H31N3. The molecule has 3 nitrogen and oxygen atoms in total. The Morgan fingerprint density at radius 3 is 2.39 bits per heavy atom. The van der Waals surface area contributed by atoms with Crippen molar-refractivity contribution in [2.45, 2.75) is 50.0 Å². The Balaban J connectivity index is 1.27. The molecule has 3 aromatic carbocycles. The fourth-order valence-corrected chi connectivity index (χ4v) is 5.98. The Hall–Kier alpha value is -2.65. The van der Waals surface area contributed by atoms with Crippen molar-refractivity contribution < 1.29 is 0 Å². The molecular weight excluding hydrogens is 378 g/mol. The third-order valence-corrected chi connectivity index (χ3v) is 8.12. The highest BCUT2D eigenvalue weighted by atomic mass is 15.1. The number of nitrogens with zero attached hydrogens (tertiary/aromatic N) is 1. The Labute approximate surface area is 184 Å². The third-order valence-electron chi connectivity index (χ3n) is 8.12. The van der Waals surface area contributed by atoms with Gasteiger partial charge in [-0.2, -0.15) is 0 Å². The van der Waals surface area contributed by atoms with Gasteiger partial charge in [0, 0.05) is 18.2 Å². The topological polar surface area (TPSA) is 53.1 Å². The molecule has 3 N–H and O–H groups in total. The van der Waals surface area contributed by atoms with Crippen LogP contribution in [0.15, 0.2) is 54.6 Å². The Kier molecular flexibility index (Phi) is 4.43. The number of likely N-dealkylation sites (N-methyl/N-ethyl adjacent to an activating group) is 1. The molecule has 2 fully saturated rings. The van der Waals surface area contributed by atoms with Crippen molar-refractivity contribution in [1.29, 1.82) is 5.41 Å². The first-order valence-electron chi connectivity index (χ1n) is 11.8. The van der Waals surface area contributed by atoms with E-state index in [0.29, 0.717) is 17.9 Å². The summed E-state index contributed by atoms with van der Waals surface area (Å²) < 4.78 is 0. The molecule has 0 amide bonds. The molecule has 3 atom stereocenters. The van der Waals surface area contributed by atoms with Gasteiger partial charge in [0.15, 0.2) is 0 Å².